The molecular formula is C17H20N4O3. The highest BCUT2D eigenvalue weighted by Gasteiger charge is 2.35. The lowest BCUT2D eigenvalue weighted by molar-refractivity contribution is -0.130. The number of amides is 2. The quantitative estimate of drug-likeness (QED) is 0.875. The second-order valence-corrected chi connectivity index (χ2v) is 5.74. The van der Waals surface area contributed by atoms with Crippen molar-refractivity contribution in [1.82, 2.24) is 20.4 Å². The summed E-state index contributed by atoms with van der Waals surface area (Å²) in [7, 11) is 0. The van der Waals surface area contributed by atoms with Gasteiger partial charge in [-0.05, 0) is 12.0 Å². The van der Waals surface area contributed by atoms with E-state index in [1.54, 1.807) is 11.8 Å². The van der Waals surface area contributed by atoms with Crippen molar-refractivity contribution in [3.8, 4) is 0 Å². The Morgan fingerprint density at radius 3 is 2.92 bits per heavy atom. The number of nitrogens with one attached hydrogen (secondary N) is 1. The van der Waals surface area contributed by atoms with Crippen LogP contribution in [0.3, 0.4) is 0 Å². The zero-order chi connectivity index (χ0) is 16.9. The number of rotatable bonds is 6. The Bertz CT molecular complexity index is 714. The van der Waals surface area contributed by atoms with Crippen LogP contribution in [0.15, 0.2) is 34.9 Å². The first kappa shape index (κ1) is 16.2. The van der Waals surface area contributed by atoms with Crippen molar-refractivity contribution in [3.63, 3.8) is 0 Å². The molecule has 24 heavy (non-hydrogen) atoms. The van der Waals surface area contributed by atoms with E-state index < -0.39 is 0 Å². The van der Waals surface area contributed by atoms with Crippen molar-refractivity contribution < 1.29 is 14.1 Å². The van der Waals surface area contributed by atoms with Gasteiger partial charge in [0.05, 0.1) is 6.54 Å². The summed E-state index contributed by atoms with van der Waals surface area (Å²) >= 11 is 0. The van der Waals surface area contributed by atoms with Crippen LogP contribution in [0.5, 0.6) is 0 Å². The van der Waals surface area contributed by atoms with Crippen LogP contribution < -0.4 is 5.32 Å². The number of likely N-dealkylation sites (tertiary alicyclic amines) is 1. The van der Waals surface area contributed by atoms with Crippen molar-refractivity contribution in [2.75, 3.05) is 0 Å². The van der Waals surface area contributed by atoms with Gasteiger partial charge in [-0.2, -0.15) is 4.98 Å². The van der Waals surface area contributed by atoms with E-state index in [-0.39, 0.29) is 24.4 Å². The fourth-order valence-corrected chi connectivity index (χ4v) is 2.75. The number of hydrogen-bond donors (Lipinski definition) is 1. The average Bonchev–Trinajstić information content (AvgIpc) is 3.21. The molecule has 2 aromatic rings. The lowest BCUT2D eigenvalue weighted by Crippen LogP contribution is -2.27. The van der Waals surface area contributed by atoms with Crippen LogP contribution in [0.4, 0.5) is 0 Å². The Labute approximate surface area is 140 Å². The SMILES string of the molecule is CCC(=O)NCc1noc([C@@H]2CCC(=O)N2Cc2ccccc2)n1. The van der Waals surface area contributed by atoms with Crippen LogP contribution in [0.2, 0.25) is 0 Å². The molecule has 2 amide bonds. The highest BCUT2D eigenvalue weighted by atomic mass is 16.5. The molecule has 126 valence electrons. The minimum atomic E-state index is -0.208. The predicted molar refractivity (Wildman–Crippen MR) is 85.4 cm³/mol. The molecule has 0 radical (unpaired) electrons. The summed E-state index contributed by atoms with van der Waals surface area (Å²) in [4.78, 5) is 29.6. The third kappa shape index (κ3) is 3.61. The average molecular weight is 328 g/mol. The third-order valence-electron chi connectivity index (χ3n) is 4.06. The number of benzene rings is 1. The molecule has 0 spiro atoms. The summed E-state index contributed by atoms with van der Waals surface area (Å²) in [6.45, 7) is 2.53. The number of nitrogens with zero attached hydrogens (tertiary/aromatic N) is 3. The minimum Gasteiger partial charge on any atom is -0.349 e. The third-order valence-corrected chi connectivity index (χ3v) is 4.06. The Hall–Kier alpha value is -2.70. The lowest BCUT2D eigenvalue weighted by Gasteiger charge is -2.22. The first-order chi connectivity index (χ1) is 11.7. The van der Waals surface area contributed by atoms with Crippen LogP contribution >= 0.6 is 0 Å². The fourth-order valence-electron chi connectivity index (χ4n) is 2.75. The lowest BCUT2D eigenvalue weighted by atomic mass is 10.2. The van der Waals surface area contributed by atoms with Gasteiger partial charge in [0.25, 0.3) is 0 Å². The minimum absolute atomic E-state index is 0.0666. The van der Waals surface area contributed by atoms with Crippen LogP contribution in [-0.4, -0.2) is 26.9 Å². The molecule has 1 aromatic heterocycles. The maximum absolute atomic E-state index is 12.2. The van der Waals surface area contributed by atoms with Crippen molar-refractivity contribution in [1.29, 1.82) is 0 Å². The molecule has 7 nitrogen and oxygen atoms in total. The normalized spacial score (nSPS) is 17.3. The van der Waals surface area contributed by atoms with E-state index >= 15 is 0 Å². The second kappa shape index (κ2) is 7.25. The Kier molecular flexibility index (Phi) is 4.88. The van der Waals surface area contributed by atoms with Gasteiger partial charge >= 0.3 is 0 Å². The van der Waals surface area contributed by atoms with E-state index in [4.69, 9.17) is 4.52 Å². The number of carbonyl (C=O) groups is 2. The van der Waals surface area contributed by atoms with Crippen molar-refractivity contribution in [3.05, 3.63) is 47.6 Å². The molecule has 1 atom stereocenters. The van der Waals surface area contributed by atoms with E-state index in [1.807, 2.05) is 30.3 Å². The van der Waals surface area contributed by atoms with E-state index in [9.17, 15) is 9.59 Å². The zero-order valence-corrected chi connectivity index (χ0v) is 13.6. The molecule has 0 bridgehead atoms. The molecule has 1 saturated heterocycles. The van der Waals surface area contributed by atoms with Gasteiger partial charge in [0.2, 0.25) is 17.7 Å². The molecule has 3 rings (SSSR count). The van der Waals surface area contributed by atoms with Gasteiger partial charge in [-0.25, -0.2) is 0 Å². The number of carbonyl (C=O) groups excluding carboxylic acids is 2. The van der Waals surface area contributed by atoms with E-state index in [2.05, 4.69) is 15.5 Å². The van der Waals surface area contributed by atoms with Gasteiger partial charge in [0.1, 0.15) is 6.04 Å². The van der Waals surface area contributed by atoms with E-state index in [0.717, 1.165) is 5.56 Å². The first-order valence-corrected chi connectivity index (χ1v) is 8.10. The van der Waals surface area contributed by atoms with Crippen molar-refractivity contribution in [2.24, 2.45) is 0 Å². The number of hydrogen-bond acceptors (Lipinski definition) is 5. The molecule has 0 saturated carbocycles. The smallest absolute Gasteiger partial charge is 0.249 e. The number of aromatic nitrogens is 2. The molecule has 7 heteroatoms. The molecule has 1 aliphatic rings. The van der Waals surface area contributed by atoms with Crippen LogP contribution in [0, 0.1) is 0 Å². The molecule has 0 aliphatic carbocycles. The van der Waals surface area contributed by atoms with Gasteiger partial charge < -0.3 is 14.7 Å². The van der Waals surface area contributed by atoms with Gasteiger partial charge in [0.15, 0.2) is 5.82 Å². The monoisotopic (exact) mass is 328 g/mol. The predicted octanol–water partition coefficient (Wildman–Crippen LogP) is 1.96. The summed E-state index contributed by atoms with van der Waals surface area (Å²) < 4.78 is 5.32. The van der Waals surface area contributed by atoms with Gasteiger partial charge in [-0.15, -0.1) is 0 Å². The maximum Gasteiger partial charge on any atom is 0.249 e. The molecule has 1 fully saturated rings. The Morgan fingerprint density at radius 2 is 2.17 bits per heavy atom. The van der Waals surface area contributed by atoms with E-state index in [0.29, 0.717) is 37.5 Å². The topological polar surface area (TPSA) is 88.3 Å². The molecular weight excluding hydrogens is 308 g/mol. The van der Waals surface area contributed by atoms with E-state index in [1.165, 1.54) is 0 Å². The highest BCUT2D eigenvalue weighted by Crippen LogP contribution is 2.33. The highest BCUT2D eigenvalue weighted by molar-refractivity contribution is 5.78. The first-order valence-electron chi connectivity index (χ1n) is 8.10. The van der Waals surface area contributed by atoms with Crippen LogP contribution in [0.25, 0.3) is 0 Å². The molecule has 1 aromatic carbocycles. The van der Waals surface area contributed by atoms with Crippen molar-refractivity contribution >= 4 is 11.8 Å². The summed E-state index contributed by atoms with van der Waals surface area (Å²) in [5, 5.41) is 6.60. The second-order valence-electron chi connectivity index (χ2n) is 5.74. The van der Waals surface area contributed by atoms with Crippen LogP contribution in [-0.2, 0) is 22.7 Å². The van der Waals surface area contributed by atoms with Gasteiger partial charge in [-0.1, -0.05) is 42.4 Å². The molecule has 2 heterocycles. The summed E-state index contributed by atoms with van der Waals surface area (Å²) in [6, 6.07) is 9.62. The summed E-state index contributed by atoms with van der Waals surface area (Å²) in [5.74, 6) is 0.870. The molecule has 1 N–H and O–H groups in total. The standard InChI is InChI=1S/C17H20N4O3/c1-2-15(22)18-10-14-19-17(24-20-14)13-8-9-16(23)21(13)11-12-6-4-3-5-7-12/h3-7,13H,2,8-11H2,1H3,(H,18,22)/t13-/m0/s1. The Balaban J connectivity index is 1.69. The van der Waals surface area contributed by atoms with Crippen LogP contribution in [0.1, 0.15) is 49.5 Å². The zero-order valence-electron chi connectivity index (χ0n) is 13.6. The molecule has 1 aliphatic heterocycles. The maximum atomic E-state index is 12.2. The largest absolute Gasteiger partial charge is 0.349 e. The van der Waals surface area contributed by atoms with Gasteiger partial charge in [-0.3, -0.25) is 9.59 Å². The fraction of sp³-hybridized carbons (Fsp3) is 0.412. The Morgan fingerprint density at radius 1 is 1.38 bits per heavy atom. The summed E-state index contributed by atoms with van der Waals surface area (Å²) in [5.41, 5.74) is 1.06. The van der Waals surface area contributed by atoms with Gasteiger partial charge in [0, 0.05) is 19.4 Å². The summed E-state index contributed by atoms with van der Waals surface area (Å²) in [6.07, 6.45) is 1.54. The molecule has 0 unspecified atom stereocenters. The van der Waals surface area contributed by atoms with Crippen molar-refractivity contribution in [2.45, 2.75) is 45.3 Å².